The van der Waals surface area contributed by atoms with Crippen molar-refractivity contribution < 1.29 is 9.90 Å². The fraction of sp³-hybridized carbons (Fsp3) is 0.375. The van der Waals surface area contributed by atoms with Gasteiger partial charge in [-0.3, -0.25) is 9.89 Å². The van der Waals surface area contributed by atoms with Crippen molar-refractivity contribution in [1.82, 2.24) is 10.2 Å². The first-order valence-corrected chi connectivity index (χ1v) is 7.03. The van der Waals surface area contributed by atoms with Gasteiger partial charge in [-0.15, -0.1) is 0 Å². The summed E-state index contributed by atoms with van der Waals surface area (Å²) in [7, 11) is 0. The molecule has 4 nitrogen and oxygen atoms in total. The number of hydrogen-bond donors (Lipinski definition) is 2. The quantitative estimate of drug-likeness (QED) is 0.901. The molecule has 0 amide bonds. The van der Waals surface area contributed by atoms with Gasteiger partial charge in [-0.2, -0.15) is 5.10 Å². The predicted octanol–water partition coefficient (Wildman–Crippen LogP) is 2.89. The van der Waals surface area contributed by atoms with Gasteiger partial charge < -0.3 is 5.11 Å². The maximum absolute atomic E-state index is 11.0. The van der Waals surface area contributed by atoms with E-state index in [-0.39, 0.29) is 6.42 Å². The lowest BCUT2D eigenvalue weighted by molar-refractivity contribution is -0.136. The summed E-state index contributed by atoms with van der Waals surface area (Å²) in [5.74, 6) is -0.825. The molecule has 1 aliphatic carbocycles. The summed E-state index contributed by atoms with van der Waals surface area (Å²) < 4.78 is 0. The molecule has 1 aliphatic rings. The van der Waals surface area contributed by atoms with Gasteiger partial charge in [0.15, 0.2) is 0 Å². The second-order valence-corrected chi connectivity index (χ2v) is 5.44. The number of aliphatic carboxylic acids is 1. The van der Waals surface area contributed by atoms with Crippen LogP contribution in [0.1, 0.15) is 35.2 Å². The maximum Gasteiger partial charge on any atom is 0.307 e. The molecule has 1 heterocycles. The zero-order chi connectivity index (χ0) is 14.1. The number of aryl methyl sites for hydroxylation is 3. The third-order valence-corrected chi connectivity index (χ3v) is 4.02. The van der Waals surface area contributed by atoms with Crippen LogP contribution in [0, 0.1) is 6.92 Å². The first-order valence-electron chi connectivity index (χ1n) is 7.03. The fourth-order valence-electron chi connectivity index (χ4n) is 2.94. The highest BCUT2D eigenvalue weighted by molar-refractivity contribution is 5.76. The van der Waals surface area contributed by atoms with Crippen LogP contribution in [-0.4, -0.2) is 21.3 Å². The molecule has 1 aromatic heterocycles. The molecule has 1 aromatic carbocycles. The Morgan fingerprint density at radius 3 is 2.80 bits per heavy atom. The highest BCUT2D eigenvalue weighted by atomic mass is 16.4. The number of nitrogens with one attached hydrogen (secondary N) is 1. The molecule has 0 aliphatic heterocycles. The van der Waals surface area contributed by atoms with E-state index in [1.54, 1.807) is 0 Å². The Balaban J connectivity index is 2.03. The summed E-state index contributed by atoms with van der Waals surface area (Å²) in [6, 6.07) is 6.40. The van der Waals surface area contributed by atoms with Gasteiger partial charge in [-0.1, -0.05) is 12.1 Å². The lowest BCUT2D eigenvalue weighted by atomic mass is 9.89. The second-order valence-electron chi connectivity index (χ2n) is 5.44. The van der Waals surface area contributed by atoms with Crippen molar-refractivity contribution in [1.29, 1.82) is 0 Å². The smallest absolute Gasteiger partial charge is 0.307 e. The van der Waals surface area contributed by atoms with E-state index in [0.717, 1.165) is 35.4 Å². The lowest BCUT2D eigenvalue weighted by Crippen LogP contribution is -2.04. The number of fused-ring (bicyclic) bond motifs is 1. The molecule has 0 unspecified atom stereocenters. The van der Waals surface area contributed by atoms with Crippen LogP contribution in [0.5, 0.6) is 0 Å². The first-order chi connectivity index (χ1) is 9.65. The van der Waals surface area contributed by atoms with Crippen LogP contribution in [0.15, 0.2) is 18.2 Å². The fourth-order valence-corrected chi connectivity index (χ4v) is 2.94. The Bertz CT molecular complexity index is 658. The minimum Gasteiger partial charge on any atom is -0.481 e. The average Bonchev–Trinajstić information content (AvgIpc) is 2.79. The number of benzene rings is 1. The van der Waals surface area contributed by atoms with Crippen molar-refractivity contribution >= 4 is 5.97 Å². The number of carbonyl (C=O) groups is 1. The third kappa shape index (κ3) is 2.33. The number of aromatic nitrogens is 2. The lowest BCUT2D eigenvalue weighted by Gasteiger charge is -2.16. The molecule has 0 spiro atoms. The van der Waals surface area contributed by atoms with Crippen molar-refractivity contribution in [2.75, 3.05) is 0 Å². The van der Waals surface area contributed by atoms with Crippen LogP contribution in [0.25, 0.3) is 11.3 Å². The van der Waals surface area contributed by atoms with Crippen LogP contribution in [0.2, 0.25) is 0 Å². The molecule has 0 fully saturated rings. The molecule has 0 saturated carbocycles. The Morgan fingerprint density at radius 1 is 1.30 bits per heavy atom. The van der Waals surface area contributed by atoms with Crippen molar-refractivity contribution in [2.24, 2.45) is 0 Å². The van der Waals surface area contributed by atoms with Gasteiger partial charge in [0.1, 0.15) is 0 Å². The van der Waals surface area contributed by atoms with Crippen molar-refractivity contribution in [3.05, 3.63) is 40.6 Å². The van der Waals surface area contributed by atoms with E-state index in [1.807, 2.05) is 6.92 Å². The molecule has 4 heteroatoms. The van der Waals surface area contributed by atoms with Gasteiger partial charge in [-0.25, -0.2) is 0 Å². The van der Waals surface area contributed by atoms with E-state index in [2.05, 4.69) is 28.4 Å². The van der Waals surface area contributed by atoms with E-state index < -0.39 is 5.97 Å². The second kappa shape index (κ2) is 5.12. The summed E-state index contributed by atoms with van der Waals surface area (Å²) in [5.41, 5.74) is 6.22. The van der Waals surface area contributed by atoms with Gasteiger partial charge in [0.2, 0.25) is 0 Å². The first kappa shape index (κ1) is 12.9. The summed E-state index contributed by atoms with van der Waals surface area (Å²) in [6.07, 6.45) is 4.77. The highest BCUT2D eigenvalue weighted by Crippen LogP contribution is 2.29. The van der Waals surface area contributed by atoms with E-state index >= 15 is 0 Å². The van der Waals surface area contributed by atoms with E-state index in [9.17, 15) is 4.79 Å². The Morgan fingerprint density at radius 2 is 2.05 bits per heavy atom. The summed E-state index contributed by atoms with van der Waals surface area (Å²) in [5, 5.41) is 16.2. The molecule has 2 aromatic rings. The molecular formula is C16H18N2O2. The van der Waals surface area contributed by atoms with Gasteiger partial charge >= 0.3 is 5.97 Å². The van der Waals surface area contributed by atoms with Gasteiger partial charge in [0.25, 0.3) is 0 Å². The number of carboxylic acid groups (broad SMARTS) is 1. The number of carboxylic acids is 1. The Labute approximate surface area is 117 Å². The van der Waals surface area contributed by atoms with Crippen LogP contribution in [0.4, 0.5) is 0 Å². The minimum atomic E-state index is -0.825. The standard InChI is InChI=1S/C16H18N2O2/c1-10-14(9-15(19)20)16(18-17-10)13-7-6-11-4-2-3-5-12(11)8-13/h6-8H,2-5,9H2,1H3,(H,17,18)(H,19,20). The van der Waals surface area contributed by atoms with Gasteiger partial charge in [0.05, 0.1) is 12.1 Å². The van der Waals surface area contributed by atoms with Crippen LogP contribution in [0.3, 0.4) is 0 Å². The zero-order valence-electron chi connectivity index (χ0n) is 11.6. The monoisotopic (exact) mass is 270 g/mol. The average molecular weight is 270 g/mol. The molecule has 20 heavy (non-hydrogen) atoms. The Hall–Kier alpha value is -2.10. The number of rotatable bonds is 3. The normalized spacial score (nSPS) is 14.1. The topological polar surface area (TPSA) is 66.0 Å². The van der Waals surface area contributed by atoms with E-state index in [4.69, 9.17) is 5.11 Å². The molecule has 0 saturated heterocycles. The van der Waals surface area contributed by atoms with E-state index in [1.165, 1.54) is 24.0 Å². The van der Waals surface area contributed by atoms with Crippen molar-refractivity contribution in [2.45, 2.75) is 39.0 Å². The van der Waals surface area contributed by atoms with Crippen LogP contribution < -0.4 is 0 Å². The molecule has 0 radical (unpaired) electrons. The number of H-pyrrole nitrogens is 1. The summed E-state index contributed by atoms with van der Waals surface area (Å²) in [4.78, 5) is 11.0. The molecule has 2 N–H and O–H groups in total. The SMILES string of the molecule is Cc1[nH]nc(-c2ccc3c(c2)CCCC3)c1CC(=O)O. The van der Waals surface area contributed by atoms with E-state index in [0.29, 0.717) is 0 Å². The molecule has 104 valence electrons. The predicted molar refractivity (Wildman–Crippen MR) is 76.7 cm³/mol. The summed E-state index contributed by atoms with van der Waals surface area (Å²) >= 11 is 0. The van der Waals surface area contributed by atoms with Crippen molar-refractivity contribution in [3.63, 3.8) is 0 Å². The number of hydrogen-bond acceptors (Lipinski definition) is 2. The van der Waals surface area contributed by atoms with Crippen LogP contribution >= 0.6 is 0 Å². The largest absolute Gasteiger partial charge is 0.481 e. The number of nitrogens with zero attached hydrogens (tertiary/aromatic N) is 1. The van der Waals surface area contributed by atoms with Crippen molar-refractivity contribution in [3.8, 4) is 11.3 Å². The maximum atomic E-state index is 11.0. The minimum absolute atomic E-state index is 0.00868. The van der Waals surface area contributed by atoms with Gasteiger partial charge in [0, 0.05) is 16.8 Å². The Kier molecular flexibility index (Phi) is 3.30. The molecular weight excluding hydrogens is 252 g/mol. The highest BCUT2D eigenvalue weighted by Gasteiger charge is 2.17. The molecule has 3 rings (SSSR count). The zero-order valence-corrected chi connectivity index (χ0v) is 11.6. The molecule has 0 atom stereocenters. The van der Waals surface area contributed by atoms with Gasteiger partial charge in [-0.05, 0) is 49.8 Å². The summed E-state index contributed by atoms with van der Waals surface area (Å²) in [6.45, 7) is 1.87. The van der Waals surface area contributed by atoms with Crippen LogP contribution in [-0.2, 0) is 24.1 Å². The third-order valence-electron chi connectivity index (χ3n) is 4.02. The molecule has 0 bridgehead atoms. The number of aromatic amines is 1.